The lowest BCUT2D eigenvalue weighted by Gasteiger charge is -2.36. The van der Waals surface area contributed by atoms with Gasteiger partial charge in [-0.2, -0.15) is 0 Å². The number of carbonyl (C=O) groups is 1. The van der Waals surface area contributed by atoms with Gasteiger partial charge in [0.1, 0.15) is 0 Å². The molecule has 0 saturated carbocycles. The van der Waals surface area contributed by atoms with Gasteiger partial charge in [0.05, 0.1) is 0 Å². The van der Waals surface area contributed by atoms with E-state index in [-0.39, 0.29) is 6.03 Å². The smallest absolute Gasteiger partial charge is 0.320 e. The van der Waals surface area contributed by atoms with Gasteiger partial charge >= 0.3 is 6.03 Å². The van der Waals surface area contributed by atoms with Crippen LogP contribution in [-0.4, -0.2) is 72.7 Å². The molecule has 1 N–H and O–H groups in total. The van der Waals surface area contributed by atoms with Crippen molar-refractivity contribution in [1.29, 1.82) is 0 Å². The molecule has 2 saturated heterocycles. The minimum Gasteiger partial charge on any atom is -0.320 e. The van der Waals surface area contributed by atoms with E-state index < -0.39 is 0 Å². The summed E-state index contributed by atoms with van der Waals surface area (Å²) in [5.74, 6) is 0. The second kappa shape index (κ2) is 5.89. The number of hydrogen-bond donors (Lipinski definition) is 1. The highest BCUT2D eigenvalue weighted by Gasteiger charge is 2.35. The largest absolute Gasteiger partial charge is 0.320 e. The molecule has 0 atom stereocenters. The standard InChI is InChI=1S/C13H26N4O/c1-11(2)16-8-9-17(13(16)18)12-4-6-15(7-5-12)10-14-3/h11-12,14H,4-10H2,1-3H3. The third-order valence-corrected chi connectivity index (χ3v) is 4.08. The molecule has 0 aromatic heterocycles. The molecular formula is C13H26N4O. The zero-order chi connectivity index (χ0) is 13.1. The summed E-state index contributed by atoms with van der Waals surface area (Å²) in [4.78, 5) is 18.8. The molecule has 2 aliphatic rings. The lowest BCUT2D eigenvalue weighted by molar-refractivity contribution is 0.124. The zero-order valence-corrected chi connectivity index (χ0v) is 11.9. The van der Waals surface area contributed by atoms with Crippen molar-refractivity contribution in [3.05, 3.63) is 0 Å². The Morgan fingerprint density at radius 1 is 1.22 bits per heavy atom. The third kappa shape index (κ3) is 2.78. The molecule has 2 rings (SSSR count). The second-order valence-corrected chi connectivity index (χ2v) is 5.62. The molecule has 2 heterocycles. The molecule has 0 spiro atoms. The molecule has 0 aromatic rings. The summed E-state index contributed by atoms with van der Waals surface area (Å²) in [7, 11) is 1.98. The Morgan fingerprint density at radius 3 is 2.39 bits per heavy atom. The van der Waals surface area contributed by atoms with E-state index in [0.717, 1.165) is 45.7 Å². The van der Waals surface area contributed by atoms with Crippen LogP contribution in [0.3, 0.4) is 0 Å². The van der Waals surface area contributed by atoms with E-state index in [0.29, 0.717) is 12.1 Å². The van der Waals surface area contributed by atoms with Crippen LogP contribution < -0.4 is 5.32 Å². The summed E-state index contributed by atoms with van der Waals surface area (Å²) >= 11 is 0. The second-order valence-electron chi connectivity index (χ2n) is 5.62. The average molecular weight is 254 g/mol. The normalized spacial score (nSPS) is 23.4. The number of nitrogens with zero attached hydrogens (tertiary/aromatic N) is 3. The molecule has 2 amide bonds. The van der Waals surface area contributed by atoms with Crippen molar-refractivity contribution in [2.45, 2.75) is 38.8 Å². The van der Waals surface area contributed by atoms with Crippen molar-refractivity contribution in [3.8, 4) is 0 Å². The number of urea groups is 1. The summed E-state index contributed by atoms with van der Waals surface area (Å²) in [5.41, 5.74) is 0. The van der Waals surface area contributed by atoms with E-state index in [1.165, 1.54) is 0 Å². The first-order chi connectivity index (χ1) is 8.63. The molecule has 0 aromatic carbocycles. The minimum atomic E-state index is 0.247. The number of hydrogen-bond acceptors (Lipinski definition) is 3. The zero-order valence-electron chi connectivity index (χ0n) is 11.9. The van der Waals surface area contributed by atoms with Crippen LogP contribution in [0.15, 0.2) is 0 Å². The Balaban J connectivity index is 1.85. The van der Waals surface area contributed by atoms with Gasteiger partial charge in [0, 0.05) is 44.9 Å². The number of nitrogens with one attached hydrogen (secondary N) is 1. The molecular weight excluding hydrogens is 228 g/mol. The quantitative estimate of drug-likeness (QED) is 0.805. The molecule has 104 valence electrons. The fourth-order valence-corrected chi connectivity index (χ4v) is 3.00. The van der Waals surface area contributed by atoms with Crippen LogP contribution in [-0.2, 0) is 0 Å². The number of amides is 2. The highest BCUT2D eigenvalue weighted by atomic mass is 16.2. The van der Waals surface area contributed by atoms with Crippen molar-refractivity contribution in [1.82, 2.24) is 20.0 Å². The van der Waals surface area contributed by atoms with Gasteiger partial charge in [-0.15, -0.1) is 0 Å². The van der Waals surface area contributed by atoms with E-state index in [1.807, 2.05) is 11.9 Å². The fraction of sp³-hybridized carbons (Fsp3) is 0.923. The first-order valence-corrected chi connectivity index (χ1v) is 7.07. The summed E-state index contributed by atoms with van der Waals surface area (Å²) in [6.07, 6.45) is 2.22. The summed E-state index contributed by atoms with van der Waals surface area (Å²) in [6.45, 7) is 9.14. The SMILES string of the molecule is CNCN1CCC(N2CCN(C(C)C)C2=O)CC1. The van der Waals surface area contributed by atoms with Gasteiger partial charge < -0.3 is 15.1 Å². The first-order valence-electron chi connectivity index (χ1n) is 7.07. The van der Waals surface area contributed by atoms with Crippen LogP contribution in [0.25, 0.3) is 0 Å². The minimum absolute atomic E-state index is 0.247. The molecule has 0 bridgehead atoms. The lowest BCUT2D eigenvalue weighted by Crippen LogP contribution is -2.48. The maximum absolute atomic E-state index is 12.3. The predicted molar refractivity (Wildman–Crippen MR) is 72.5 cm³/mol. The van der Waals surface area contributed by atoms with E-state index in [9.17, 15) is 4.79 Å². The Labute approximate surface area is 110 Å². The van der Waals surface area contributed by atoms with Gasteiger partial charge in [0.2, 0.25) is 0 Å². The van der Waals surface area contributed by atoms with E-state index in [4.69, 9.17) is 0 Å². The van der Waals surface area contributed by atoms with Gasteiger partial charge in [-0.05, 0) is 33.7 Å². The summed E-state index contributed by atoms with van der Waals surface area (Å²) < 4.78 is 0. The average Bonchev–Trinajstić information content (AvgIpc) is 2.73. The molecule has 0 unspecified atom stereocenters. The molecule has 0 aliphatic carbocycles. The van der Waals surface area contributed by atoms with Crippen LogP contribution in [0, 0.1) is 0 Å². The third-order valence-electron chi connectivity index (χ3n) is 4.08. The molecule has 0 radical (unpaired) electrons. The van der Waals surface area contributed by atoms with Gasteiger partial charge in [0.15, 0.2) is 0 Å². The Bertz CT molecular complexity index is 287. The van der Waals surface area contributed by atoms with Crippen molar-refractivity contribution in [3.63, 3.8) is 0 Å². The highest BCUT2D eigenvalue weighted by Crippen LogP contribution is 2.22. The van der Waals surface area contributed by atoms with Crippen LogP contribution in [0.2, 0.25) is 0 Å². The van der Waals surface area contributed by atoms with E-state index in [2.05, 4.69) is 29.0 Å². The molecule has 5 nitrogen and oxygen atoms in total. The number of piperidine rings is 1. The van der Waals surface area contributed by atoms with Crippen molar-refractivity contribution >= 4 is 6.03 Å². The molecule has 2 fully saturated rings. The number of carbonyl (C=O) groups excluding carboxylic acids is 1. The Kier molecular flexibility index (Phi) is 4.45. The highest BCUT2D eigenvalue weighted by molar-refractivity contribution is 5.77. The van der Waals surface area contributed by atoms with Gasteiger partial charge in [-0.3, -0.25) is 4.90 Å². The van der Waals surface area contributed by atoms with E-state index >= 15 is 0 Å². The first kappa shape index (κ1) is 13.6. The van der Waals surface area contributed by atoms with E-state index in [1.54, 1.807) is 0 Å². The molecule has 5 heteroatoms. The van der Waals surface area contributed by atoms with Crippen LogP contribution in [0.1, 0.15) is 26.7 Å². The summed E-state index contributed by atoms with van der Waals surface area (Å²) in [6, 6.07) is 1.03. The Morgan fingerprint density at radius 2 is 1.89 bits per heavy atom. The molecule has 2 aliphatic heterocycles. The van der Waals surface area contributed by atoms with Crippen molar-refractivity contribution < 1.29 is 4.79 Å². The Hall–Kier alpha value is -0.810. The van der Waals surface area contributed by atoms with Gasteiger partial charge in [-0.1, -0.05) is 0 Å². The van der Waals surface area contributed by atoms with Gasteiger partial charge in [0.25, 0.3) is 0 Å². The van der Waals surface area contributed by atoms with Gasteiger partial charge in [-0.25, -0.2) is 4.79 Å². The maximum atomic E-state index is 12.3. The van der Waals surface area contributed by atoms with Crippen molar-refractivity contribution in [2.24, 2.45) is 0 Å². The number of likely N-dealkylation sites (tertiary alicyclic amines) is 1. The predicted octanol–water partition coefficient (Wildman–Crippen LogP) is 0.774. The lowest BCUT2D eigenvalue weighted by atomic mass is 10.0. The molecule has 18 heavy (non-hydrogen) atoms. The summed E-state index contributed by atoms with van der Waals surface area (Å²) in [5, 5.41) is 3.19. The monoisotopic (exact) mass is 254 g/mol. The van der Waals surface area contributed by atoms with Crippen molar-refractivity contribution in [2.75, 3.05) is 39.9 Å². The fourth-order valence-electron chi connectivity index (χ4n) is 3.00. The van der Waals surface area contributed by atoms with Crippen LogP contribution in [0.4, 0.5) is 4.79 Å². The van der Waals surface area contributed by atoms with Crippen LogP contribution in [0.5, 0.6) is 0 Å². The van der Waals surface area contributed by atoms with Crippen LogP contribution >= 0.6 is 0 Å². The maximum Gasteiger partial charge on any atom is 0.320 e. The topological polar surface area (TPSA) is 38.8 Å². The number of rotatable bonds is 4.